The standard InChI is InChI=1S/C12H16N4O2/c1-2-9-11(17)15-6-7-16(9)12(18)10-8(13)4-3-5-14-10/h3-5,9H,2,6-7,13H2,1H3,(H,15,17). The molecule has 2 rings (SSSR count). The van der Waals surface area contributed by atoms with Crippen molar-refractivity contribution in [3.63, 3.8) is 0 Å². The van der Waals surface area contributed by atoms with Crippen molar-refractivity contribution in [2.45, 2.75) is 19.4 Å². The van der Waals surface area contributed by atoms with E-state index in [9.17, 15) is 9.59 Å². The number of carbonyl (C=O) groups is 2. The third-order valence-electron chi connectivity index (χ3n) is 3.02. The number of anilines is 1. The molecular weight excluding hydrogens is 232 g/mol. The molecular formula is C12H16N4O2. The minimum Gasteiger partial charge on any atom is -0.397 e. The summed E-state index contributed by atoms with van der Waals surface area (Å²) in [5.41, 5.74) is 6.29. The van der Waals surface area contributed by atoms with E-state index in [0.717, 1.165) is 0 Å². The summed E-state index contributed by atoms with van der Waals surface area (Å²) in [5.74, 6) is -0.401. The number of pyridine rings is 1. The van der Waals surface area contributed by atoms with Crippen molar-refractivity contribution in [2.24, 2.45) is 0 Å². The maximum Gasteiger partial charge on any atom is 0.275 e. The Hall–Kier alpha value is -2.11. The van der Waals surface area contributed by atoms with Gasteiger partial charge in [0.15, 0.2) is 5.69 Å². The smallest absolute Gasteiger partial charge is 0.275 e. The van der Waals surface area contributed by atoms with Gasteiger partial charge in [-0.15, -0.1) is 0 Å². The number of hydrogen-bond donors (Lipinski definition) is 2. The molecule has 6 nitrogen and oxygen atoms in total. The molecule has 0 radical (unpaired) electrons. The van der Waals surface area contributed by atoms with Crippen LogP contribution in [0.1, 0.15) is 23.8 Å². The van der Waals surface area contributed by atoms with E-state index in [4.69, 9.17) is 5.73 Å². The Morgan fingerprint density at radius 1 is 1.67 bits per heavy atom. The van der Waals surface area contributed by atoms with Crippen LogP contribution in [0.5, 0.6) is 0 Å². The fourth-order valence-electron chi connectivity index (χ4n) is 2.10. The lowest BCUT2D eigenvalue weighted by molar-refractivity contribution is -0.127. The van der Waals surface area contributed by atoms with Crippen LogP contribution in [0.15, 0.2) is 18.3 Å². The monoisotopic (exact) mass is 248 g/mol. The van der Waals surface area contributed by atoms with Gasteiger partial charge in [-0.05, 0) is 18.6 Å². The molecule has 1 saturated heterocycles. The summed E-state index contributed by atoms with van der Waals surface area (Å²) in [7, 11) is 0. The minimum atomic E-state index is -0.437. The normalized spacial score (nSPS) is 19.5. The van der Waals surface area contributed by atoms with Gasteiger partial charge < -0.3 is 16.0 Å². The van der Waals surface area contributed by atoms with Gasteiger partial charge in [0.25, 0.3) is 5.91 Å². The van der Waals surface area contributed by atoms with Crippen molar-refractivity contribution in [1.82, 2.24) is 15.2 Å². The number of nitrogens with two attached hydrogens (primary N) is 1. The first-order valence-corrected chi connectivity index (χ1v) is 5.94. The molecule has 2 heterocycles. The summed E-state index contributed by atoms with van der Waals surface area (Å²) in [4.78, 5) is 29.6. The fraction of sp³-hybridized carbons (Fsp3) is 0.417. The van der Waals surface area contributed by atoms with Crippen molar-refractivity contribution in [2.75, 3.05) is 18.8 Å². The molecule has 3 N–H and O–H groups in total. The number of carbonyl (C=O) groups excluding carboxylic acids is 2. The zero-order valence-electron chi connectivity index (χ0n) is 10.2. The number of amides is 2. The maximum absolute atomic E-state index is 12.3. The minimum absolute atomic E-state index is 0.119. The number of piperazine rings is 1. The van der Waals surface area contributed by atoms with Crippen LogP contribution in [-0.2, 0) is 4.79 Å². The molecule has 1 aliphatic rings. The molecule has 1 atom stereocenters. The van der Waals surface area contributed by atoms with Crippen molar-refractivity contribution in [1.29, 1.82) is 0 Å². The molecule has 2 amide bonds. The third kappa shape index (κ3) is 2.13. The molecule has 1 aromatic heterocycles. The summed E-state index contributed by atoms with van der Waals surface area (Å²) in [6.07, 6.45) is 2.10. The fourth-order valence-corrected chi connectivity index (χ4v) is 2.10. The van der Waals surface area contributed by atoms with Crippen molar-refractivity contribution >= 4 is 17.5 Å². The van der Waals surface area contributed by atoms with E-state index >= 15 is 0 Å². The van der Waals surface area contributed by atoms with Crippen LogP contribution in [0.25, 0.3) is 0 Å². The van der Waals surface area contributed by atoms with E-state index in [1.165, 1.54) is 11.1 Å². The van der Waals surface area contributed by atoms with Crippen LogP contribution in [0.4, 0.5) is 5.69 Å². The molecule has 1 aliphatic heterocycles. The molecule has 6 heteroatoms. The summed E-state index contributed by atoms with van der Waals surface area (Å²) in [6, 6.07) is 2.87. The number of aromatic nitrogens is 1. The zero-order valence-corrected chi connectivity index (χ0v) is 10.2. The predicted molar refractivity (Wildman–Crippen MR) is 66.8 cm³/mol. The van der Waals surface area contributed by atoms with Gasteiger partial charge in [0.05, 0.1) is 5.69 Å². The number of nitrogens with one attached hydrogen (secondary N) is 1. The van der Waals surface area contributed by atoms with Crippen LogP contribution >= 0.6 is 0 Å². The zero-order chi connectivity index (χ0) is 13.1. The molecule has 1 unspecified atom stereocenters. The highest BCUT2D eigenvalue weighted by Gasteiger charge is 2.33. The van der Waals surface area contributed by atoms with E-state index in [1.54, 1.807) is 12.1 Å². The first-order valence-electron chi connectivity index (χ1n) is 5.94. The molecule has 1 fully saturated rings. The molecule has 0 spiro atoms. The molecule has 0 saturated carbocycles. The van der Waals surface area contributed by atoms with Gasteiger partial charge in [0, 0.05) is 19.3 Å². The van der Waals surface area contributed by atoms with Gasteiger partial charge in [0.1, 0.15) is 6.04 Å². The van der Waals surface area contributed by atoms with Gasteiger partial charge >= 0.3 is 0 Å². The number of nitrogens with zero attached hydrogens (tertiary/aromatic N) is 2. The van der Waals surface area contributed by atoms with E-state index in [-0.39, 0.29) is 17.5 Å². The molecule has 0 aromatic carbocycles. The third-order valence-corrected chi connectivity index (χ3v) is 3.02. The van der Waals surface area contributed by atoms with E-state index in [1.807, 2.05) is 6.92 Å². The average Bonchev–Trinajstić information content (AvgIpc) is 2.38. The topological polar surface area (TPSA) is 88.3 Å². The van der Waals surface area contributed by atoms with Crippen LogP contribution in [0, 0.1) is 0 Å². The summed E-state index contributed by atoms with van der Waals surface area (Å²) in [5, 5.41) is 2.75. The number of rotatable bonds is 2. The summed E-state index contributed by atoms with van der Waals surface area (Å²) < 4.78 is 0. The van der Waals surface area contributed by atoms with Gasteiger partial charge in [-0.25, -0.2) is 4.98 Å². The lowest BCUT2D eigenvalue weighted by atomic mass is 10.1. The second-order valence-electron chi connectivity index (χ2n) is 4.15. The van der Waals surface area contributed by atoms with Gasteiger partial charge in [0.2, 0.25) is 5.91 Å². The first kappa shape index (κ1) is 12.3. The maximum atomic E-state index is 12.3. The van der Waals surface area contributed by atoms with Gasteiger partial charge in [-0.2, -0.15) is 0 Å². The Kier molecular flexibility index (Phi) is 3.45. The van der Waals surface area contributed by atoms with Crippen molar-refractivity contribution in [3.8, 4) is 0 Å². The molecule has 1 aromatic rings. The number of nitrogen functional groups attached to an aromatic ring is 1. The van der Waals surface area contributed by atoms with Crippen molar-refractivity contribution in [3.05, 3.63) is 24.0 Å². The van der Waals surface area contributed by atoms with Crippen LogP contribution in [0.3, 0.4) is 0 Å². The van der Waals surface area contributed by atoms with E-state index in [2.05, 4.69) is 10.3 Å². The van der Waals surface area contributed by atoms with Gasteiger partial charge in [-0.1, -0.05) is 6.92 Å². The SMILES string of the molecule is CCC1C(=O)NCCN1C(=O)c1ncccc1N. The summed E-state index contributed by atoms with van der Waals surface area (Å²) >= 11 is 0. The second kappa shape index (κ2) is 5.03. The second-order valence-corrected chi connectivity index (χ2v) is 4.15. The Labute approximate surface area is 105 Å². The average molecular weight is 248 g/mol. The summed E-state index contributed by atoms with van der Waals surface area (Å²) in [6.45, 7) is 2.82. The Balaban J connectivity index is 2.27. The Bertz CT molecular complexity index is 475. The largest absolute Gasteiger partial charge is 0.397 e. The van der Waals surface area contributed by atoms with Crippen LogP contribution in [0.2, 0.25) is 0 Å². The number of hydrogen-bond acceptors (Lipinski definition) is 4. The first-order chi connectivity index (χ1) is 8.65. The van der Waals surface area contributed by atoms with E-state index in [0.29, 0.717) is 25.2 Å². The molecule has 0 aliphatic carbocycles. The lowest BCUT2D eigenvalue weighted by Gasteiger charge is -2.34. The van der Waals surface area contributed by atoms with Crippen LogP contribution in [-0.4, -0.2) is 40.8 Å². The highest BCUT2D eigenvalue weighted by Crippen LogP contribution is 2.16. The van der Waals surface area contributed by atoms with Crippen LogP contribution < -0.4 is 11.1 Å². The quantitative estimate of drug-likeness (QED) is 0.772. The highest BCUT2D eigenvalue weighted by molar-refractivity contribution is 6.00. The van der Waals surface area contributed by atoms with Crippen molar-refractivity contribution < 1.29 is 9.59 Å². The van der Waals surface area contributed by atoms with Gasteiger partial charge in [-0.3, -0.25) is 9.59 Å². The molecule has 0 bridgehead atoms. The lowest BCUT2D eigenvalue weighted by Crippen LogP contribution is -2.57. The Morgan fingerprint density at radius 2 is 2.44 bits per heavy atom. The molecule has 18 heavy (non-hydrogen) atoms. The van der Waals surface area contributed by atoms with E-state index < -0.39 is 6.04 Å². The predicted octanol–water partition coefficient (Wildman–Crippen LogP) is 0.0144. The Morgan fingerprint density at radius 3 is 3.11 bits per heavy atom. The highest BCUT2D eigenvalue weighted by atomic mass is 16.2. The molecule has 96 valence electrons.